The van der Waals surface area contributed by atoms with E-state index in [0.29, 0.717) is 11.8 Å². The van der Waals surface area contributed by atoms with E-state index in [9.17, 15) is 9.18 Å². The van der Waals surface area contributed by atoms with Crippen LogP contribution in [0.15, 0.2) is 41.6 Å². The number of hydrogen-bond acceptors (Lipinski definition) is 2. The number of nitrogens with one attached hydrogen (secondary N) is 1. The third-order valence-electron chi connectivity index (χ3n) is 6.72. The second kappa shape index (κ2) is 8.25. The van der Waals surface area contributed by atoms with E-state index in [4.69, 9.17) is 0 Å². The molecule has 1 unspecified atom stereocenters. The lowest BCUT2D eigenvalue weighted by molar-refractivity contribution is 0.210. The predicted molar refractivity (Wildman–Crippen MR) is 116 cm³/mol. The first-order valence-corrected chi connectivity index (χ1v) is 10.9. The number of hydrogen-bond donors (Lipinski definition) is 1. The zero-order valence-electron chi connectivity index (χ0n) is 18.3. The van der Waals surface area contributed by atoms with Gasteiger partial charge in [0.2, 0.25) is 0 Å². The molecule has 2 aliphatic carbocycles. The van der Waals surface area contributed by atoms with Crippen molar-refractivity contribution < 1.29 is 9.18 Å². The van der Waals surface area contributed by atoms with E-state index in [1.807, 2.05) is 10.9 Å². The van der Waals surface area contributed by atoms with Gasteiger partial charge in [0.1, 0.15) is 5.82 Å². The van der Waals surface area contributed by atoms with Gasteiger partial charge in [-0.1, -0.05) is 25.0 Å². The number of urea groups is 1. The Kier molecular flexibility index (Phi) is 5.67. The summed E-state index contributed by atoms with van der Waals surface area (Å²) in [6.45, 7) is 4.42. The highest BCUT2D eigenvalue weighted by Gasteiger charge is 2.37. The van der Waals surface area contributed by atoms with Crippen LogP contribution in [0.5, 0.6) is 0 Å². The Morgan fingerprint density at radius 1 is 1.33 bits per heavy atom. The summed E-state index contributed by atoms with van der Waals surface area (Å²) in [4.78, 5) is 13.7. The van der Waals surface area contributed by atoms with Crippen molar-refractivity contribution >= 4 is 6.03 Å². The Balaban J connectivity index is 1.55. The van der Waals surface area contributed by atoms with Crippen LogP contribution in [0.1, 0.15) is 56.7 Å². The fourth-order valence-electron chi connectivity index (χ4n) is 5.11. The molecule has 0 saturated carbocycles. The molecule has 1 aromatic carbocycles. The van der Waals surface area contributed by atoms with Crippen molar-refractivity contribution in [3.05, 3.63) is 58.7 Å². The van der Waals surface area contributed by atoms with Crippen molar-refractivity contribution in [3.8, 4) is 5.69 Å². The molecule has 160 valence electrons. The lowest BCUT2D eigenvalue weighted by Crippen LogP contribution is -2.42. The van der Waals surface area contributed by atoms with Gasteiger partial charge in [-0.25, -0.2) is 13.9 Å². The number of benzene rings is 1. The Hall–Kier alpha value is -2.63. The van der Waals surface area contributed by atoms with Crippen LogP contribution in [-0.4, -0.2) is 40.8 Å². The van der Waals surface area contributed by atoms with Crippen LogP contribution < -0.4 is 5.32 Å². The maximum Gasteiger partial charge on any atom is 0.317 e. The second-order valence-electron chi connectivity index (χ2n) is 8.81. The second-order valence-corrected chi connectivity index (χ2v) is 8.81. The Bertz CT molecular complexity index is 960. The third kappa shape index (κ3) is 3.75. The van der Waals surface area contributed by atoms with Crippen molar-refractivity contribution in [2.45, 2.75) is 57.9 Å². The van der Waals surface area contributed by atoms with Gasteiger partial charge in [-0.2, -0.15) is 5.10 Å². The predicted octanol–water partition coefficient (Wildman–Crippen LogP) is 4.82. The molecule has 0 aliphatic heterocycles. The topological polar surface area (TPSA) is 50.2 Å². The molecule has 6 heteroatoms. The van der Waals surface area contributed by atoms with E-state index in [-0.39, 0.29) is 17.9 Å². The summed E-state index contributed by atoms with van der Waals surface area (Å²) >= 11 is 0. The number of fused-ring (bicyclic) bond motifs is 1. The number of carbonyl (C=O) groups is 1. The van der Waals surface area contributed by atoms with Gasteiger partial charge in [-0.3, -0.25) is 0 Å². The Morgan fingerprint density at radius 3 is 2.73 bits per heavy atom. The zero-order chi connectivity index (χ0) is 21.4. The molecule has 0 radical (unpaired) electrons. The minimum atomic E-state index is -0.233. The van der Waals surface area contributed by atoms with Gasteiger partial charge < -0.3 is 10.2 Å². The molecule has 5 nitrogen and oxygen atoms in total. The van der Waals surface area contributed by atoms with Crippen molar-refractivity contribution in [2.75, 3.05) is 14.1 Å². The lowest BCUT2D eigenvalue weighted by Gasteiger charge is -2.29. The van der Waals surface area contributed by atoms with Crippen LogP contribution in [0.4, 0.5) is 9.18 Å². The maximum atomic E-state index is 13.3. The highest BCUT2D eigenvalue weighted by molar-refractivity contribution is 5.73. The standard InChI is InChI=1S/C24H31FN4O/c1-5-19(27-24(30)28(3)4)12-16-6-7-17-13-22-21(15(2)23(16)17)14-26-29(22)20-10-8-18(25)9-11-20/h8-11,14-16,19H,5-7,12-13H2,1-4H3,(H,27,30)/t15-,16+,19?/m0/s1. The van der Waals surface area contributed by atoms with E-state index in [0.717, 1.165) is 37.8 Å². The molecule has 2 aliphatic rings. The molecule has 2 amide bonds. The summed E-state index contributed by atoms with van der Waals surface area (Å²) in [6, 6.07) is 6.71. The fraction of sp³-hybridized carbons (Fsp3) is 0.500. The summed E-state index contributed by atoms with van der Waals surface area (Å²) < 4.78 is 15.3. The molecule has 0 saturated heterocycles. The van der Waals surface area contributed by atoms with Gasteiger partial charge in [0.15, 0.2) is 0 Å². The number of amides is 2. The summed E-state index contributed by atoms with van der Waals surface area (Å²) in [5.74, 6) is 0.598. The minimum Gasteiger partial charge on any atom is -0.335 e. The quantitative estimate of drug-likeness (QED) is 0.719. The Labute approximate surface area is 178 Å². The lowest BCUT2D eigenvalue weighted by atomic mass is 9.78. The highest BCUT2D eigenvalue weighted by Crippen LogP contribution is 2.48. The average molecular weight is 411 g/mol. The van der Waals surface area contributed by atoms with E-state index in [1.165, 1.54) is 29.0 Å². The summed E-state index contributed by atoms with van der Waals surface area (Å²) in [6.07, 6.45) is 7.06. The third-order valence-corrected chi connectivity index (χ3v) is 6.72. The molecule has 1 aromatic heterocycles. The van der Waals surface area contributed by atoms with Crippen LogP contribution >= 0.6 is 0 Å². The number of halogens is 1. The number of carbonyl (C=O) groups excluding carboxylic acids is 1. The monoisotopic (exact) mass is 410 g/mol. The van der Waals surface area contributed by atoms with Gasteiger partial charge in [0.05, 0.1) is 17.6 Å². The van der Waals surface area contributed by atoms with Crippen LogP contribution in [0.25, 0.3) is 5.69 Å². The zero-order valence-corrected chi connectivity index (χ0v) is 18.3. The van der Waals surface area contributed by atoms with E-state index < -0.39 is 0 Å². The van der Waals surface area contributed by atoms with Crippen LogP contribution in [-0.2, 0) is 6.42 Å². The number of rotatable bonds is 5. The number of nitrogens with zero attached hydrogens (tertiary/aromatic N) is 3. The molecule has 0 bridgehead atoms. The smallest absolute Gasteiger partial charge is 0.317 e. The first kappa shape index (κ1) is 20.6. The minimum absolute atomic E-state index is 0.0198. The first-order valence-electron chi connectivity index (χ1n) is 10.9. The average Bonchev–Trinajstić information content (AvgIpc) is 3.33. The van der Waals surface area contributed by atoms with Gasteiger partial charge in [-0.15, -0.1) is 0 Å². The van der Waals surface area contributed by atoms with Crippen molar-refractivity contribution in [2.24, 2.45) is 5.92 Å². The Morgan fingerprint density at radius 2 is 2.07 bits per heavy atom. The van der Waals surface area contributed by atoms with Crippen LogP contribution in [0.3, 0.4) is 0 Å². The SMILES string of the molecule is CCC(C[C@H]1CCC2=C1[C@@H](C)c1cnn(-c3ccc(F)cc3)c1C2)NC(=O)N(C)C. The largest absolute Gasteiger partial charge is 0.335 e. The summed E-state index contributed by atoms with van der Waals surface area (Å²) in [7, 11) is 3.56. The maximum absolute atomic E-state index is 13.3. The van der Waals surface area contributed by atoms with Gasteiger partial charge >= 0.3 is 6.03 Å². The molecular formula is C24H31FN4O. The van der Waals surface area contributed by atoms with Crippen molar-refractivity contribution in [1.82, 2.24) is 20.0 Å². The molecule has 2 aromatic rings. The van der Waals surface area contributed by atoms with E-state index in [1.54, 1.807) is 36.7 Å². The summed E-state index contributed by atoms with van der Waals surface area (Å²) in [5, 5.41) is 7.81. The fourth-order valence-corrected chi connectivity index (χ4v) is 5.11. The normalized spacial score (nSPS) is 21.2. The first-order chi connectivity index (χ1) is 14.4. The van der Waals surface area contributed by atoms with Crippen LogP contribution in [0, 0.1) is 11.7 Å². The van der Waals surface area contributed by atoms with Gasteiger partial charge in [-0.05, 0) is 55.9 Å². The number of allylic oxidation sites excluding steroid dienone is 2. The molecule has 0 fully saturated rings. The van der Waals surface area contributed by atoms with E-state index >= 15 is 0 Å². The molecule has 0 spiro atoms. The molecule has 1 N–H and O–H groups in total. The number of aromatic nitrogens is 2. The van der Waals surface area contributed by atoms with Crippen LogP contribution in [0.2, 0.25) is 0 Å². The van der Waals surface area contributed by atoms with Gasteiger partial charge in [0.25, 0.3) is 0 Å². The van der Waals surface area contributed by atoms with Gasteiger partial charge in [0, 0.05) is 38.0 Å². The molecule has 3 atom stereocenters. The summed E-state index contributed by atoms with van der Waals surface area (Å²) in [5.41, 5.74) is 6.48. The highest BCUT2D eigenvalue weighted by atomic mass is 19.1. The molecular weight excluding hydrogens is 379 g/mol. The van der Waals surface area contributed by atoms with Crippen molar-refractivity contribution in [3.63, 3.8) is 0 Å². The molecule has 30 heavy (non-hydrogen) atoms. The van der Waals surface area contributed by atoms with E-state index in [2.05, 4.69) is 24.3 Å². The molecule has 4 rings (SSSR count). The molecule has 1 heterocycles. The van der Waals surface area contributed by atoms with Crippen molar-refractivity contribution in [1.29, 1.82) is 0 Å².